The fourth-order valence-electron chi connectivity index (χ4n) is 4.82. The van der Waals surface area contributed by atoms with Crippen molar-refractivity contribution in [2.24, 2.45) is 0 Å². The first-order valence-corrected chi connectivity index (χ1v) is 14.0. The van der Waals surface area contributed by atoms with Gasteiger partial charge in [0.25, 0.3) is 0 Å². The molecule has 0 bridgehead atoms. The molecule has 0 aliphatic carbocycles. The standard InChI is InChI=1S/C32H32N6O9.4Na/c1-47-28-9-8-19(10-23(28)33)20-11-26(24-6-2-4-21(34-24)13-37(15-29(39)40)16-30(41)42)36-27(12-20)25-7-3-5-22(35-25)14-38(17-31(43)44)18-32(45)46;;;;/h2-12H,13-18,33H2,1H3,(H,39,40)(H,41,42)(H,43,44)(H,45,46);;;;/q;4*+1/p-4. The van der Waals surface area contributed by atoms with Gasteiger partial charge in [0, 0.05) is 39.3 Å². The number of nitrogens with zero attached hydrogens (tertiary/aromatic N) is 5. The molecule has 0 amide bonds. The van der Waals surface area contributed by atoms with Gasteiger partial charge in [-0.05, 0) is 59.7 Å². The summed E-state index contributed by atoms with van der Waals surface area (Å²) in [5.74, 6) is -5.37. The van der Waals surface area contributed by atoms with Crippen molar-refractivity contribution in [1.82, 2.24) is 24.8 Å². The molecule has 1 aromatic carbocycles. The normalized spacial score (nSPS) is 10.2. The van der Waals surface area contributed by atoms with Crippen LogP contribution in [0.2, 0.25) is 0 Å². The Hall–Kier alpha value is -1.93. The van der Waals surface area contributed by atoms with E-state index in [2.05, 4.69) is 9.97 Å². The fourth-order valence-corrected chi connectivity index (χ4v) is 4.82. The van der Waals surface area contributed by atoms with Gasteiger partial charge in [-0.3, -0.25) is 9.80 Å². The largest absolute Gasteiger partial charge is 1.00 e. The van der Waals surface area contributed by atoms with Crippen LogP contribution in [0.5, 0.6) is 5.75 Å². The number of pyridine rings is 3. The van der Waals surface area contributed by atoms with Gasteiger partial charge in [0.2, 0.25) is 0 Å². The molecule has 2 N–H and O–H groups in total. The van der Waals surface area contributed by atoms with E-state index in [1.165, 1.54) is 7.11 Å². The predicted octanol–water partition coefficient (Wildman–Crippen LogP) is -14.9. The zero-order valence-corrected chi connectivity index (χ0v) is 37.1. The zero-order valence-electron chi connectivity index (χ0n) is 29.1. The second-order valence-corrected chi connectivity index (χ2v) is 10.4. The third kappa shape index (κ3) is 15.5. The molecule has 0 aliphatic heterocycles. The molecule has 0 radical (unpaired) electrons. The summed E-state index contributed by atoms with van der Waals surface area (Å²) in [6.45, 7) is -2.86. The third-order valence-corrected chi connectivity index (χ3v) is 6.71. The Morgan fingerprint density at radius 3 is 1.35 bits per heavy atom. The van der Waals surface area contributed by atoms with Crippen LogP contribution in [-0.4, -0.2) is 81.9 Å². The van der Waals surface area contributed by atoms with E-state index < -0.39 is 50.1 Å². The van der Waals surface area contributed by atoms with E-state index in [4.69, 9.17) is 15.5 Å². The van der Waals surface area contributed by atoms with Gasteiger partial charge in [-0.25, -0.2) is 15.0 Å². The monoisotopic (exact) mass is 732 g/mol. The van der Waals surface area contributed by atoms with Crippen molar-refractivity contribution >= 4 is 29.6 Å². The molecule has 0 unspecified atom stereocenters. The zero-order chi connectivity index (χ0) is 34.1. The first-order chi connectivity index (χ1) is 22.4. The van der Waals surface area contributed by atoms with Gasteiger partial charge in [-0.1, -0.05) is 18.2 Å². The van der Waals surface area contributed by atoms with E-state index >= 15 is 0 Å². The van der Waals surface area contributed by atoms with Gasteiger partial charge in [0.05, 0.1) is 70.8 Å². The van der Waals surface area contributed by atoms with Gasteiger partial charge < -0.3 is 50.1 Å². The molecule has 51 heavy (non-hydrogen) atoms. The Bertz CT molecular complexity index is 1690. The van der Waals surface area contributed by atoms with Gasteiger partial charge in [-0.15, -0.1) is 0 Å². The van der Waals surface area contributed by atoms with Crippen LogP contribution >= 0.6 is 0 Å². The Kier molecular flexibility index (Phi) is 22.8. The number of ether oxygens (including phenoxy) is 1. The average molecular weight is 733 g/mol. The van der Waals surface area contributed by atoms with Crippen LogP contribution in [0.25, 0.3) is 33.9 Å². The summed E-state index contributed by atoms with van der Waals surface area (Å²) in [6, 6.07) is 18.6. The van der Waals surface area contributed by atoms with Crippen molar-refractivity contribution in [2.75, 3.05) is 39.0 Å². The number of aliphatic carboxylic acids is 4. The number of carboxylic acids is 4. The molecule has 3 aromatic heterocycles. The van der Waals surface area contributed by atoms with Gasteiger partial charge in [-0.2, -0.15) is 0 Å². The number of methoxy groups -OCH3 is 1. The molecule has 19 heteroatoms. The number of nitrogens with two attached hydrogens (primary N) is 1. The predicted molar refractivity (Wildman–Crippen MR) is 158 cm³/mol. The molecule has 15 nitrogen and oxygen atoms in total. The van der Waals surface area contributed by atoms with Crippen molar-refractivity contribution in [3.05, 3.63) is 78.1 Å². The topological polar surface area (TPSA) is 241 Å². The average Bonchev–Trinajstić information content (AvgIpc) is 2.99. The van der Waals surface area contributed by atoms with Crippen LogP contribution in [0.15, 0.2) is 66.7 Å². The molecular formula is C32H28N6Na4O9. The molecule has 4 aromatic rings. The number of carbonyl (C=O) groups is 4. The summed E-state index contributed by atoms with van der Waals surface area (Å²) in [5, 5.41) is 44.7. The van der Waals surface area contributed by atoms with E-state index in [0.717, 1.165) is 9.80 Å². The Labute approximate surface area is 382 Å². The third-order valence-electron chi connectivity index (χ3n) is 6.71. The number of anilines is 1. The molecule has 0 saturated heterocycles. The molecule has 0 atom stereocenters. The van der Waals surface area contributed by atoms with E-state index in [-0.39, 0.29) is 131 Å². The summed E-state index contributed by atoms with van der Waals surface area (Å²) in [7, 11) is 1.49. The minimum atomic E-state index is -1.46. The molecule has 0 spiro atoms. The molecular weight excluding hydrogens is 704 g/mol. The number of carbonyl (C=O) groups excluding carboxylic acids is 4. The summed E-state index contributed by atoms with van der Waals surface area (Å²) >= 11 is 0. The summed E-state index contributed by atoms with van der Waals surface area (Å²) in [5.41, 5.74) is 10.1. The van der Waals surface area contributed by atoms with Crippen LogP contribution in [0.1, 0.15) is 11.4 Å². The number of aromatic nitrogens is 3. The SMILES string of the molecule is COc1ccc(-c2cc(-c3cccc(CN(CC(=O)[O-])CC(=O)[O-])n3)nc(-c3cccc(CN(CC(=O)[O-])CC(=O)[O-])n3)c2)cc1N.[Na+].[Na+].[Na+].[Na+]. The Balaban J connectivity index is 0.00000625. The second-order valence-electron chi connectivity index (χ2n) is 10.4. The van der Waals surface area contributed by atoms with Crippen LogP contribution in [-0.2, 0) is 32.3 Å². The molecule has 0 saturated carbocycles. The first kappa shape index (κ1) is 49.1. The van der Waals surface area contributed by atoms with E-state index in [0.29, 0.717) is 56.7 Å². The van der Waals surface area contributed by atoms with E-state index in [9.17, 15) is 39.6 Å². The van der Waals surface area contributed by atoms with Crippen molar-refractivity contribution in [3.8, 4) is 39.7 Å². The van der Waals surface area contributed by atoms with Crippen molar-refractivity contribution in [3.63, 3.8) is 0 Å². The maximum atomic E-state index is 11.2. The van der Waals surface area contributed by atoms with Gasteiger partial charge in [0.15, 0.2) is 0 Å². The van der Waals surface area contributed by atoms with E-state index in [1.54, 1.807) is 66.7 Å². The molecule has 0 aliphatic rings. The van der Waals surface area contributed by atoms with Gasteiger partial charge >= 0.3 is 118 Å². The van der Waals surface area contributed by atoms with Crippen LogP contribution in [0.3, 0.4) is 0 Å². The van der Waals surface area contributed by atoms with Gasteiger partial charge in [0.1, 0.15) is 5.75 Å². The number of hydrogen-bond acceptors (Lipinski definition) is 15. The molecule has 244 valence electrons. The van der Waals surface area contributed by atoms with Crippen LogP contribution in [0, 0.1) is 0 Å². The number of rotatable bonds is 16. The fraction of sp³-hybridized carbons (Fsp3) is 0.219. The second kappa shape index (κ2) is 23.7. The Morgan fingerprint density at radius 1 is 0.588 bits per heavy atom. The Morgan fingerprint density at radius 2 is 1.00 bits per heavy atom. The summed E-state index contributed by atoms with van der Waals surface area (Å²) in [4.78, 5) is 60.9. The molecule has 4 rings (SSSR count). The summed E-state index contributed by atoms with van der Waals surface area (Å²) in [6.07, 6.45) is 0. The number of nitrogen functional groups attached to an aromatic ring is 1. The summed E-state index contributed by atoms with van der Waals surface area (Å²) < 4.78 is 5.28. The van der Waals surface area contributed by atoms with Crippen molar-refractivity contribution < 1.29 is 163 Å². The number of hydrogen-bond donors (Lipinski definition) is 1. The maximum Gasteiger partial charge on any atom is 1.00 e. The van der Waals surface area contributed by atoms with Crippen LogP contribution < -0.4 is 149 Å². The first-order valence-electron chi connectivity index (χ1n) is 14.0. The van der Waals surface area contributed by atoms with Crippen molar-refractivity contribution in [2.45, 2.75) is 13.1 Å². The minimum absolute atomic E-state index is 0. The van der Waals surface area contributed by atoms with E-state index in [1.807, 2.05) is 0 Å². The maximum absolute atomic E-state index is 11.2. The number of carboxylic acid groups (broad SMARTS) is 4. The van der Waals surface area contributed by atoms with Crippen molar-refractivity contribution in [1.29, 1.82) is 0 Å². The molecule has 0 fully saturated rings. The quantitative estimate of drug-likeness (QED) is 0.0831. The van der Waals surface area contributed by atoms with Crippen LogP contribution in [0.4, 0.5) is 5.69 Å². The molecule has 3 heterocycles. The smallest absolute Gasteiger partial charge is 0.549 e. The number of benzene rings is 1. The minimum Gasteiger partial charge on any atom is -0.549 e.